The van der Waals surface area contributed by atoms with Crippen LogP contribution < -0.4 is 0 Å². The molecule has 0 bridgehead atoms. The summed E-state index contributed by atoms with van der Waals surface area (Å²) < 4.78 is 1.93. The smallest absolute Gasteiger partial charge is 0.180 e. The number of aliphatic hydroxyl groups is 1. The van der Waals surface area contributed by atoms with Crippen LogP contribution in [0.5, 0.6) is 0 Å². The minimum Gasteiger partial charge on any atom is -0.386 e. The highest BCUT2D eigenvalue weighted by molar-refractivity contribution is 5.91. The number of aryl methyl sites for hydroxylation is 1. The molecule has 0 spiro atoms. The molecule has 0 aliphatic heterocycles. The second-order valence-electron chi connectivity index (χ2n) is 6.89. The van der Waals surface area contributed by atoms with Crippen molar-refractivity contribution in [2.24, 2.45) is 0 Å². The van der Waals surface area contributed by atoms with Crippen molar-refractivity contribution in [1.29, 1.82) is 0 Å². The first kappa shape index (κ1) is 17.3. The standard InChI is InChI=1S/C21H20N5O/c1-4-26-18-8-6-5-7-16(18)19(25-26)20-23-12-14(13-24-20)17-11-15(9-10-22-17)21(2,3)27/h6-13,27H,4H2,1-3H3. The molecule has 3 heterocycles. The molecule has 6 heteroatoms. The molecule has 1 N–H and O–H groups in total. The maximum absolute atomic E-state index is 10.2. The second kappa shape index (κ2) is 6.55. The van der Waals surface area contributed by atoms with Gasteiger partial charge in [0.1, 0.15) is 5.69 Å². The molecular formula is C21H20N5O. The molecule has 135 valence electrons. The lowest BCUT2D eigenvalue weighted by Crippen LogP contribution is -2.15. The highest BCUT2D eigenvalue weighted by Crippen LogP contribution is 2.27. The number of fused-ring (bicyclic) bond motifs is 1. The fourth-order valence-electron chi connectivity index (χ4n) is 3.02. The minimum atomic E-state index is -0.930. The van der Waals surface area contributed by atoms with Crippen LogP contribution in [0.2, 0.25) is 0 Å². The Morgan fingerprint density at radius 1 is 1.15 bits per heavy atom. The molecule has 0 atom stereocenters. The first-order chi connectivity index (χ1) is 13.0. The summed E-state index contributed by atoms with van der Waals surface area (Å²) in [4.78, 5) is 13.4. The van der Waals surface area contributed by atoms with E-state index in [1.54, 1.807) is 38.5 Å². The molecule has 0 amide bonds. The van der Waals surface area contributed by atoms with E-state index >= 15 is 0 Å². The largest absolute Gasteiger partial charge is 0.386 e. The summed E-state index contributed by atoms with van der Waals surface area (Å²) in [5, 5.41) is 15.8. The van der Waals surface area contributed by atoms with E-state index in [2.05, 4.69) is 33.0 Å². The molecule has 4 rings (SSSR count). The Morgan fingerprint density at radius 3 is 2.63 bits per heavy atom. The Hall–Kier alpha value is -3.12. The summed E-state index contributed by atoms with van der Waals surface area (Å²) in [5.41, 5.74) is 3.15. The molecule has 1 aromatic carbocycles. The van der Waals surface area contributed by atoms with Crippen molar-refractivity contribution < 1.29 is 5.11 Å². The zero-order valence-electron chi connectivity index (χ0n) is 15.5. The molecule has 0 saturated carbocycles. The van der Waals surface area contributed by atoms with Gasteiger partial charge in [0.2, 0.25) is 0 Å². The predicted molar refractivity (Wildman–Crippen MR) is 104 cm³/mol. The molecule has 0 fully saturated rings. The van der Waals surface area contributed by atoms with E-state index in [4.69, 9.17) is 0 Å². The molecule has 4 aromatic rings. The van der Waals surface area contributed by atoms with Crippen molar-refractivity contribution in [2.45, 2.75) is 32.9 Å². The van der Waals surface area contributed by atoms with Gasteiger partial charge in [-0.15, -0.1) is 0 Å². The summed E-state index contributed by atoms with van der Waals surface area (Å²) in [6, 6.07) is 12.5. The van der Waals surface area contributed by atoms with Gasteiger partial charge in [0, 0.05) is 36.1 Å². The van der Waals surface area contributed by atoms with Gasteiger partial charge in [-0.05, 0) is 56.7 Å². The van der Waals surface area contributed by atoms with Crippen LogP contribution in [-0.4, -0.2) is 29.8 Å². The van der Waals surface area contributed by atoms with Gasteiger partial charge in [-0.1, -0.05) is 6.07 Å². The zero-order chi connectivity index (χ0) is 19.0. The van der Waals surface area contributed by atoms with E-state index in [9.17, 15) is 5.11 Å². The number of aromatic nitrogens is 5. The second-order valence-corrected chi connectivity index (χ2v) is 6.89. The van der Waals surface area contributed by atoms with Gasteiger partial charge in [0.05, 0.1) is 16.8 Å². The van der Waals surface area contributed by atoms with Gasteiger partial charge in [0.15, 0.2) is 5.82 Å². The number of pyridine rings is 1. The van der Waals surface area contributed by atoms with Crippen LogP contribution in [0.25, 0.3) is 33.7 Å². The molecule has 0 aliphatic rings. The topological polar surface area (TPSA) is 76.7 Å². The Balaban J connectivity index is 1.74. The van der Waals surface area contributed by atoms with Gasteiger partial charge >= 0.3 is 0 Å². The van der Waals surface area contributed by atoms with Gasteiger partial charge in [0.25, 0.3) is 0 Å². The third-order valence-electron chi connectivity index (χ3n) is 4.52. The van der Waals surface area contributed by atoms with Crippen LogP contribution in [-0.2, 0) is 12.1 Å². The monoisotopic (exact) mass is 358 g/mol. The molecule has 27 heavy (non-hydrogen) atoms. The van der Waals surface area contributed by atoms with Crippen molar-refractivity contribution in [3.8, 4) is 22.8 Å². The van der Waals surface area contributed by atoms with Gasteiger partial charge in [-0.3, -0.25) is 9.67 Å². The van der Waals surface area contributed by atoms with Crippen molar-refractivity contribution in [3.63, 3.8) is 0 Å². The van der Waals surface area contributed by atoms with Crippen molar-refractivity contribution >= 4 is 10.9 Å². The number of hydrogen-bond acceptors (Lipinski definition) is 5. The Kier molecular flexibility index (Phi) is 4.20. The van der Waals surface area contributed by atoms with Crippen LogP contribution in [0.1, 0.15) is 26.3 Å². The first-order valence-electron chi connectivity index (χ1n) is 8.85. The van der Waals surface area contributed by atoms with E-state index < -0.39 is 5.60 Å². The van der Waals surface area contributed by atoms with Crippen molar-refractivity contribution in [3.05, 3.63) is 60.6 Å². The summed E-state index contributed by atoms with van der Waals surface area (Å²) >= 11 is 0. The van der Waals surface area contributed by atoms with E-state index in [1.807, 2.05) is 28.9 Å². The molecule has 0 unspecified atom stereocenters. The number of benzene rings is 1. The fourth-order valence-corrected chi connectivity index (χ4v) is 3.02. The van der Waals surface area contributed by atoms with Crippen LogP contribution in [0.3, 0.4) is 0 Å². The van der Waals surface area contributed by atoms with Crippen LogP contribution >= 0.6 is 0 Å². The highest BCUT2D eigenvalue weighted by atomic mass is 16.3. The lowest BCUT2D eigenvalue weighted by atomic mass is 9.98. The van der Waals surface area contributed by atoms with E-state index in [0.717, 1.165) is 40.0 Å². The van der Waals surface area contributed by atoms with Gasteiger partial charge in [-0.2, -0.15) is 5.10 Å². The average Bonchev–Trinajstić information content (AvgIpc) is 3.06. The summed E-state index contributed by atoms with van der Waals surface area (Å²) in [6.07, 6.45) is 5.16. The number of rotatable bonds is 4. The van der Waals surface area contributed by atoms with Crippen LogP contribution in [0, 0.1) is 6.07 Å². The quantitative estimate of drug-likeness (QED) is 0.603. The molecule has 1 radical (unpaired) electrons. The Morgan fingerprint density at radius 2 is 1.93 bits per heavy atom. The number of hydrogen-bond donors (Lipinski definition) is 1. The summed E-state index contributed by atoms with van der Waals surface area (Å²) in [7, 11) is 0. The van der Waals surface area contributed by atoms with E-state index in [0.29, 0.717) is 5.82 Å². The summed E-state index contributed by atoms with van der Waals surface area (Å²) in [5.74, 6) is 0.564. The van der Waals surface area contributed by atoms with Crippen LogP contribution in [0.15, 0.2) is 48.9 Å². The third kappa shape index (κ3) is 3.19. The molecule has 3 aromatic heterocycles. The number of nitrogens with zero attached hydrogens (tertiary/aromatic N) is 5. The lowest BCUT2D eigenvalue weighted by molar-refractivity contribution is 0.0785. The summed E-state index contributed by atoms with van der Waals surface area (Å²) in [6.45, 7) is 6.32. The van der Waals surface area contributed by atoms with Crippen LogP contribution in [0.4, 0.5) is 0 Å². The highest BCUT2D eigenvalue weighted by Gasteiger charge is 2.17. The normalized spacial score (nSPS) is 11.9. The average molecular weight is 358 g/mol. The van der Waals surface area contributed by atoms with Crippen molar-refractivity contribution in [2.75, 3.05) is 0 Å². The molecule has 0 aliphatic carbocycles. The molecule has 6 nitrogen and oxygen atoms in total. The zero-order valence-corrected chi connectivity index (χ0v) is 15.5. The maximum Gasteiger partial charge on any atom is 0.180 e. The fraction of sp³-hybridized carbons (Fsp3) is 0.238. The maximum atomic E-state index is 10.2. The lowest BCUT2D eigenvalue weighted by Gasteiger charge is -2.18. The SMILES string of the molecule is CCn1nc(-c2ncc(-c3cc(C(C)(C)O)ccn3)cn2)c2c[c]ccc21. The van der Waals surface area contributed by atoms with Gasteiger partial charge < -0.3 is 5.11 Å². The Bertz CT molecular complexity index is 1090. The molecule has 0 saturated heterocycles. The first-order valence-corrected chi connectivity index (χ1v) is 8.85. The Labute approximate surface area is 157 Å². The third-order valence-corrected chi connectivity index (χ3v) is 4.52. The van der Waals surface area contributed by atoms with Crippen molar-refractivity contribution in [1.82, 2.24) is 24.7 Å². The van der Waals surface area contributed by atoms with Gasteiger partial charge in [-0.25, -0.2) is 9.97 Å². The van der Waals surface area contributed by atoms with E-state index in [1.165, 1.54) is 0 Å². The van der Waals surface area contributed by atoms with E-state index in [-0.39, 0.29) is 0 Å². The minimum absolute atomic E-state index is 0.564. The predicted octanol–water partition coefficient (Wildman–Crippen LogP) is 3.60. The molecular weight excluding hydrogens is 338 g/mol.